The first-order valence-corrected chi connectivity index (χ1v) is 3.01. The lowest BCUT2D eigenvalue weighted by Gasteiger charge is -2.08. The van der Waals surface area contributed by atoms with E-state index >= 15 is 0 Å². The van der Waals surface area contributed by atoms with E-state index in [0.717, 1.165) is 4.57 Å². The molecule has 0 bridgehead atoms. The smallest absolute Gasteiger partial charge is 0.295 e. The van der Waals surface area contributed by atoms with Gasteiger partial charge < -0.3 is 0 Å². The van der Waals surface area contributed by atoms with Crippen LogP contribution in [0, 0.1) is 34.0 Å². The highest BCUT2D eigenvalue weighted by Gasteiger charge is 2.31. The van der Waals surface area contributed by atoms with Crippen molar-refractivity contribution >= 4 is 0 Å². The maximum atomic E-state index is 8.60. The molecule has 12 heavy (non-hydrogen) atoms. The number of aromatic nitrogens is 2. The van der Waals surface area contributed by atoms with E-state index in [4.69, 9.17) is 15.8 Å². The first kappa shape index (κ1) is 7.78. The summed E-state index contributed by atoms with van der Waals surface area (Å²) >= 11 is 0. The second-order valence-electron chi connectivity index (χ2n) is 2.02. The normalized spacial score (nSPS) is 9.42. The van der Waals surface area contributed by atoms with E-state index in [1.807, 2.05) is 0 Å². The molecule has 0 fully saturated rings. The van der Waals surface area contributed by atoms with Gasteiger partial charge in [-0.2, -0.15) is 15.8 Å². The zero-order valence-electron chi connectivity index (χ0n) is 5.97. The van der Waals surface area contributed by atoms with Crippen LogP contribution in [-0.4, -0.2) is 9.55 Å². The molecule has 1 rings (SSSR count). The SMILES string of the molecule is N#CC(C#N)(C#N)n1ccnc1. The Hall–Kier alpha value is -2.32. The standard InChI is InChI=1S/C7H3N5/c8-3-7(4-9,5-10)12-2-1-11-6-12/h1-2,6H. The molecule has 1 aromatic rings. The molecule has 0 aliphatic heterocycles. The predicted octanol–water partition coefficient (Wildman–Crippen LogP) is 0.149. The molecule has 0 atom stereocenters. The third kappa shape index (κ3) is 0.885. The molecule has 0 N–H and O–H groups in total. The van der Waals surface area contributed by atoms with E-state index in [1.54, 1.807) is 18.2 Å². The number of nitrogens with zero attached hydrogens (tertiary/aromatic N) is 5. The molecule has 56 valence electrons. The van der Waals surface area contributed by atoms with E-state index in [9.17, 15) is 0 Å². The van der Waals surface area contributed by atoms with Crippen LogP contribution in [0.3, 0.4) is 0 Å². The van der Waals surface area contributed by atoms with Gasteiger partial charge in [-0.05, 0) is 0 Å². The quantitative estimate of drug-likeness (QED) is 0.580. The first-order chi connectivity index (χ1) is 5.79. The Morgan fingerprint density at radius 3 is 2.08 bits per heavy atom. The summed E-state index contributed by atoms with van der Waals surface area (Å²) < 4.78 is 1.16. The average Bonchev–Trinajstić information content (AvgIpc) is 2.62. The van der Waals surface area contributed by atoms with Crippen LogP contribution in [0.15, 0.2) is 18.7 Å². The number of imidazole rings is 1. The number of hydrogen-bond donors (Lipinski definition) is 0. The van der Waals surface area contributed by atoms with Crippen molar-refractivity contribution in [1.29, 1.82) is 15.8 Å². The largest absolute Gasteiger partial charge is 0.305 e. The highest BCUT2D eigenvalue weighted by molar-refractivity contribution is 5.30. The lowest BCUT2D eigenvalue weighted by atomic mass is 10.1. The number of nitriles is 3. The molecule has 0 aliphatic carbocycles. The molecule has 0 spiro atoms. The van der Waals surface area contributed by atoms with Gasteiger partial charge in [0.1, 0.15) is 18.2 Å². The Balaban J connectivity index is 3.27. The van der Waals surface area contributed by atoms with E-state index in [1.165, 1.54) is 18.7 Å². The van der Waals surface area contributed by atoms with Crippen LogP contribution in [0.5, 0.6) is 0 Å². The second kappa shape index (κ2) is 2.74. The molecular weight excluding hydrogens is 154 g/mol. The molecule has 1 aromatic heterocycles. The monoisotopic (exact) mass is 157 g/mol. The van der Waals surface area contributed by atoms with E-state index in [2.05, 4.69) is 4.98 Å². The molecule has 1 heterocycles. The predicted molar refractivity (Wildman–Crippen MR) is 37.0 cm³/mol. The number of hydrogen-bond acceptors (Lipinski definition) is 4. The fourth-order valence-corrected chi connectivity index (χ4v) is 0.706. The summed E-state index contributed by atoms with van der Waals surface area (Å²) in [5, 5.41) is 25.8. The highest BCUT2D eigenvalue weighted by atomic mass is 15.1. The molecule has 5 heteroatoms. The van der Waals surface area contributed by atoms with E-state index < -0.39 is 5.54 Å². The third-order valence-electron chi connectivity index (χ3n) is 1.38. The fourth-order valence-electron chi connectivity index (χ4n) is 0.706. The van der Waals surface area contributed by atoms with Gasteiger partial charge in [-0.15, -0.1) is 0 Å². The van der Waals surface area contributed by atoms with Gasteiger partial charge in [0.15, 0.2) is 0 Å². The Morgan fingerprint density at radius 2 is 1.75 bits per heavy atom. The van der Waals surface area contributed by atoms with Crippen molar-refractivity contribution in [2.45, 2.75) is 5.54 Å². The summed E-state index contributed by atoms with van der Waals surface area (Å²) in [5.74, 6) is 0. The van der Waals surface area contributed by atoms with Crippen molar-refractivity contribution in [2.24, 2.45) is 0 Å². The van der Waals surface area contributed by atoms with Crippen LogP contribution in [0.4, 0.5) is 0 Å². The molecule has 0 unspecified atom stereocenters. The van der Waals surface area contributed by atoms with Crippen molar-refractivity contribution in [2.75, 3.05) is 0 Å². The summed E-state index contributed by atoms with van der Waals surface area (Å²) in [7, 11) is 0. The van der Waals surface area contributed by atoms with Crippen molar-refractivity contribution in [3.8, 4) is 18.2 Å². The molecule has 5 nitrogen and oxygen atoms in total. The average molecular weight is 157 g/mol. The summed E-state index contributed by atoms with van der Waals surface area (Å²) in [5.41, 5.74) is -1.78. The van der Waals surface area contributed by atoms with E-state index in [-0.39, 0.29) is 0 Å². The van der Waals surface area contributed by atoms with Gasteiger partial charge in [0.05, 0.1) is 6.33 Å². The Bertz CT molecular complexity index is 347. The molecule has 0 saturated heterocycles. The van der Waals surface area contributed by atoms with Crippen molar-refractivity contribution in [3.05, 3.63) is 18.7 Å². The Labute approximate surface area is 68.7 Å². The van der Waals surface area contributed by atoms with Crippen molar-refractivity contribution in [3.63, 3.8) is 0 Å². The minimum atomic E-state index is -1.78. The molecule has 0 amide bonds. The van der Waals surface area contributed by atoms with Crippen LogP contribution in [-0.2, 0) is 5.54 Å². The van der Waals surface area contributed by atoms with Crippen LogP contribution in [0.2, 0.25) is 0 Å². The molecule has 0 radical (unpaired) electrons. The molecule has 0 aromatic carbocycles. The topological polar surface area (TPSA) is 89.2 Å². The van der Waals surface area contributed by atoms with Crippen molar-refractivity contribution < 1.29 is 0 Å². The molecule has 0 saturated carbocycles. The maximum Gasteiger partial charge on any atom is 0.305 e. The summed E-state index contributed by atoms with van der Waals surface area (Å²) in [6.45, 7) is 0. The molecule has 0 aliphatic rings. The van der Waals surface area contributed by atoms with Crippen LogP contribution in [0.1, 0.15) is 0 Å². The van der Waals surface area contributed by atoms with Crippen LogP contribution < -0.4 is 0 Å². The van der Waals surface area contributed by atoms with Gasteiger partial charge in [-0.25, -0.2) is 4.98 Å². The zero-order chi connectivity index (χ0) is 9.03. The van der Waals surface area contributed by atoms with Gasteiger partial charge in [-0.1, -0.05) is 0 Å². The summed E-state index contributed by atoms with van der Waals surface area (Å²) in [6, 6.07) is 4.85. The maximum absolute atomic E-state index is 8.60. The lowest BCUT2D eigenvalue weighted by molar-refractivity contribution is 0.616. The summed E-state index contributed by atoms with van der Waals surface area (Å²) in [4.78, 5) is 3.64. The van der Waals surface area contributed by atoms with Gasteiger partial charge in [0, 0.05) is 12.4 Å². The zero-order valence-corrected chi connectivity index (χ0v) is 5.97. The van der Waals surface area contributed by atoms with Crippen molar-refractivity contribution in [1.82, 2.24) is 9.55 Å². The summed E-state index contributed by atoms with van der Waals surface area (Å²) in [6.07, 6.45) is 4.06. The van der Waals surface area contributed by atoms with Crippen LogP contribution in [0.25, 0.3) is 0 Å². The van der Waals surface area contributed by atoms with Crippen LogP contribution >= 0.6 is 0 Å². The second-order valence-corrected chi connectivity index (χ2v) is 2.02. The lowest BCUT2D eigenvalue weighted by Crippen LogP contribution is -2.26. The van der Waals surface area contributed by atoms with Gasteiger partial charge in [0.2, 0.25) is 0 Å². The minimum absolute atomic E-state index is 1.16. The first-order valence-electron chi connectivity index (χ1n) is 3.01. The van der Waals surface area contributed by atoms with Gasteiger partial charge in [0.25, 0.3) is 0 Å². The fraction of sp³-hybridized carbons (Fsp3) is 0.143. The third-order valence-corrected chi connectivity index (χ3v) is 1.38. The van der Waals surface area contributed by atoms with Gasteiger partial charge >= 0.3 is 5.54 Å². The number of rotatable bonds is 1. The Kier molecular flexibility index (Phi) is 1.77. The molecular formula is C7H3N5. The van der Waals surface area contributed by atoms with Gasteiger partial charge in [-0.3, -0.25) is 4.57 Å². The minimum Gasteiger partial charge on any atom is -0.295 e. The highest BCUT2D eigenvalue weighted by Crippen LogP contribution is 2.11. The van der Waals surface area contributed by atoms with E-state index in [0.29, 0.717) is 0 Å². The Morgan fingerprint density at radius 1 is 1.17 bits per heavy atom.